The van der Waals surface area contributed by atoms with Gasteiger partial charge in [-0.15, -0.1) is 0 Å². The van der Waals surface area contributed by atoms with Crippen LogP contribution < -0.4 is 14.8 Å². The Kier molecular flexibility index (Phi) is 2.06. The highest BCUT2D eigenvalue weighted by Gasteiger charge is 2.31. The lowest BCUT2D eigenvalue weighted by atomic mass is 10.2. The molecule has 0 spiro atoms. The fraction of sp³-hybridized carbons (Fsp3) is 0.500. The zero-order chi connectivity index (χ0) is 10.3. The molecule has 0 amide bonds. The van der Waals surface area contributed by atoms with Crippen molar-refractivity contribution in [2.45, 2.75) is 25.9 Å². The quantitative estimate of drug-likeness (QED) is 0.817. The van der Waals surface area contributed by atoms with Crippen molar-refractivity contribution in [3.8, 4) is 11.5 Å². The molecule has 3 heteroatoms. The summed E-state index contributed by atoms with van der Waals surface area (Å²) in [4.78, 5) is 0. The van der Waals surface area contributed by atoms with E-state index in [1.807, 2.05) is 6.07 Å². The smallest absolute Gasteiger partial charge is 0.231 e. The van der Waals surface area contributed by atoms with Crippen LogP contribution in [0.15, 0.2) is 18.2 Å². The number of rotatable bonds is 3. The Morgan fingerprint density at radius 2 is 2.13 bits per heavy atom. The van der Waals surface area contributed by atoms with Crippen LogP contribution in [0.5, 0.6) is 11.5 Å². The second-order valence-corrected chi connectivity index (χ2v) is 4.39. The normalized spacial score (nSPS) is 26.7. The van der Waals surface area contributed by atoms with Gasteiger partial charge in [-0.2, -0.15) is 0 Å². The lowest BCUT2D eigenvalue weighted by Crippen LogP contribution is -2.16. The summed E-state index contributed by atoms with van der Waals surface area (Å²) in [6.45, 7) is 3.55. The first-order valence-electron chi connectivity index (χ1n) is 5.45. The van der Waals surface area contributed by atoms with Gasteiger partial charge in [-0.3, -0.25) is 0 Å². The maximum absolute atomic E-state index is 5.33. The molecule has 1 N–H and O–H groups in total. The van der Waals surface area contributed by atoms with Crippen molar-refractivity contribution >= 4 is 0 Å². The first kappa shape index (κ1) is 9.04. The van der Waals surface area contributed by atoms with E-state index in [1.54, 1.807) is 0 Å². The van der Waals surface area contributed by atoms with Gasteiger partial charge in [0, 0.05) is 12.6 Å². The summed E-state index contributed by atoms with van der Waals surface area (Å²) in [6, 6.07) is 6.85. The highest BCUT2D eigenvalue weighted by Crippen LogP contribution is 2.33. The number of ether oxygens (including phenoxy) is 2. The molecule has 2 aliphatic rings. The topological polar surface area (TPSA) is 30.5 Å². The summed E-state index contributed by atoms with van der Waals surface area (Å²) in [5.41, 5.74) is 1.26. The van der Waals surface area contributed by atoms with E-state index in [9.17, 15) is 0 Å². The van der Waals surface area contributed by atoms with Crippen LogP contribution in [-0.4, -0.2) is 12.8 Å². The second-order valence-electron chi connectivity index (χ2n) is 4.39. The lowest BCUT2D eigenvalue weighted by molar-refractivity contribution is 0.174. The highest BCUT2D eigenvalue weighted by molar-refractivity contribution is 5.44. The maximum Gasteiger partial charge on any atom is 0.231 e. The Morgan fingerprint density at radius 3 is 2.93 bits per heavy atom. The summed E-state index contributed by atoms with van der Waals surface area (Å²) < 4.78 is 10.6. The fourth-order valence-corrected chi connectivity index (χ4v) is 1.91. The third kappa shape index (κ3) is 1.79. The molecule has 0 bridgehead atoms. The van der Waals surface area contributed by atoms with E-state index in [0.717, 1.165) is 30.0 Å². The van der Waals surface area contributed by atoms with Crippen LogP contribution in [0.2, 0.25) is 0 Å². The van der Waals surface area contributed by atoms with Crippen LogP contribution in [0.3, 0.4) is 0 Å². The molecule has 0 radical (unpaired) electrons. The Morgan fingerprint density at radius 1 is 1.33 bits per heavy atom. The molecule has 1 aliphatic carbocycles. The molecule has 2 atom stereocenters. The minimum absolute atomic E-state index is 0.353. The Hall–Kier alpha value is -1.22. The molecule has 1 heterocycles. The van der Waals surface area contributed by atoms with Gasteiger partial charge in [-0.1, -0.05) is 13.0 Å². The van der Waals surface area contributed by atoms with Crippen LogP contribution in [0.25, 0.3) is 0 Å². The van der Waals surface area contributed by atoms with Gasteiger partial charge in [0.1, 0.15) is 0 Å². The molecule has 0 aromatic heterocycles. The molecular formula is C12H15NO2. The van der Waals surface area contributed by atoms with E-state index in [-0.39, 0.29) is 0 Å². The molecular weight excluding hydrogens is 190 g/mol. The van der Waals surface area contributed by atoms with E-state index >= 15 is 0 Å². The summed E-state index contributed by atoms with van der Waals surface area (Å²) in [6.07, 6.45) is 1.31. The number of fused-ring (bicyclic) bond motifs is 1. The van der Waals surface area contributed by atoms with Gasteiger partial charge in [0.25, 0.3) is 0 Å². The largest absolute Gasteiger partial charge is 0.454 e. The summed E-state index contributed by atoms with van der Waals surface area (Å²) in [5, 5.41) is 3.52. The van der Waals surface area contributed by atoms with Gasteiger partial charge in [-0.05, 0) is 30.0 Å². The van der Waals surface area contributed by atoms with Crippen LogP contribution in [0, 0.1) is 5.92 Å². The third-order valence-electron chi connectivity index (χ3n) is 3.11. The SMILES string of the molecule is CC1CC1NCc1ccc2c(c1)OCO2. The molecule has 3 rings (SSSR count). The Balaban J connectivity index is 1.65. The van der Waals surface area contributed by atoms with Crippen molar-refractivity contribution < 1.29 is 9.47 Å². The average Bonchev–Trinajstić information content (AvgIpc) is 2.78. The Labute approximate surface area is 89.4 Å². The molecule has 2 unspecified atom stereocenters. The first-order valence-corrected chi connectivity index (χ1v) is 5.45. The molecule has 1 aliphatic heterocycles. The molecule has 0 saturated heterocycles. The van der Waals surface area contributed by atoms with E-state index in [2.05, 4.69) is 24.4 Å². The van der Waals surface area contributed by atoms with Gasteiger partial charge in [-0.25, -0.2) is 0 Å². The van der Waals surface area contributed by atoms with Gasteiger partial charge in [0.05, 0.1) is 0 Å². The summed E-state index contributed by atoms with van der Waals surface area (Å²) >= 11 is 0. The summed E-state index contributed by atoms with van der Waals surface area (Å²) in [7, 11) is 0. The molecule has 15 heavy (non-hydrogen) atoms. The number of nitrogens with one attached hydrogen (secondary N) is 1. The van der Waals surface area contributed by atoms with Gasteiger partial charge < -0.3 is 14.8 Å². The second kappa shape index (κ2) is 3.42. The van der Waals surface area contributed by atoms with Gasteiger partial charge >= 0.3 is 0 Å². The highest BCUT2D eigenvalue weighted by atomic mass is 16.7. The maximum atomic E-state index is 5.33. The zero-order valence-corrected chi connectivity index (χ0v) is 8.82. The Bertz CT molecular complexity index is 378. The van der Waals surface area contributed by atoms with Crippen molar-refractivity contribution in [1.29, 1.82) is 0 Å². The van der Waals surface area contributed by atoms with E-state index in [4.69, 9.17) is 9.47 Å². The van der Waals surface area contributed by atoms with Crippen LogP contribution in [0.4, 0.5) is 0 Å². The van der Waals surface area contributed by atoms with Crippen LogP contribution >= 0.6 is 0 Å². The summed E-state index contributed by atoms with van der Waals surface area (Å²) in [5.74, 6) is 2.58. The molecule has 1 fully saturated rings. The molecule has 1 aromatic rings. The number of benzene rings is 1. The van der Waals surface area contributed by atoms with Crippen molar-refractivity contribution in [3.05, 3.63) is 23.8 Å². The van der Waals surface area contributed by atoms with Crippen LogP contribution in [-0.2, 0) is 6.54 Å². The number of hydrogen-bond acceptors (Lipinski definition) is 3. The standard InChI is InChI=1S/C12H15NO2/c1-8-4-10(8)13-6-9-2-3-11-12(5-9)15-7-14-11/h2-3,5,8,10,13H,4,6-7H2,1H3. The van der Waals surface area contributed by atoms with Crippen molar-refractivity contribution in [2.75, 3.05) is 6.79 Å². The lowest BCUT2D eigenvalue weighted by Gasteiger charge is -2.04. The predicted molar refractivity (Wildman–Crippen MR) is 57.0 cm³/mol. The van der Waals surface area contributed by atoms with E-state index < -0.39 is 0 Å². The number of hydrogen-bond donors (Lipinski definition) is 1. The third-order valence-corrected chi connectivity index (χ3v) is 3.11. The minimum Gasteiger partial charge on any atom is -0.454 e. The minimum atomic E-state index is 0.353. The molecule has 1 aromatic carbocycles. The van der Waals surface area contributed by atoms with Crippen molar-refractivity contribution in [3.63, 3.8) is 0 Å². The monoisotopic (exact) mass is 205 g/mol. The average molecular weight is 205 g/mol. The van der Waals surface area contributed by atoms with Crippen molar-refractivity contribution in [2.24, 2.45) is 5.92 Å². The molecule has 80 valence electrons. The van der Waals surface area contributed by atoms with E-state index in [1.165, 1.54) is 12.0 Å². The fourth-order valence-electron chi connectivity index (χ4n) is 1.91. The van der Waals surface area contributed by atoms with Gasteiger partial charge in [0.15, 0.2) is 11.5 Å². The van der Waals surface area contributed by atoms with Gasteiger partial charge in [0.2, 0.25) is 6.79 Å². The zero-order valence-electron chi connectivity index (χ0n) is 8.82. The van der Waals surface area contributed by atoms with E-state index in [0.29, 0.717) is 6.79 Å². The first-order chi connectivity index (χ1) is 7.33. The van der Waals surface area contributed by atoms with Crippen molar-refractivity contribution in [1.82, 2.24) is 5.32 Å². The van der Waals surface area contributed by atoms with Crippen LogP contribution in [0.1, 0.15) is 18.9 Å². The predicted octanol–water partition coefficient (Wildman–Crippen LogP) is 1.91. The molecule has 3 nitrogen and oxygen atoms in total. The molecule has 1 saturated carbocycles.